The van der Waals surface area contributed by atoms with Gasteiger partial charge in [0.05, 0.1) is 0 Å². The van der Waals surface area contributed by atoms with Gasteiger partial charge in [-0.3, -0.25) is 4.79 Å². The molecule has 0 spiro atoms. The highest BCUT2D eigenvalue weighted by Crippen LogP contribution is 2.47. The molecule has 0 N–H and O–H groups in total. The van der Waals surface area contributed by atoms with E-state index >= 15 is 0 Å². The summed E-state index contributed by atoms with van der Waals surface area (Å²) in [7, 11) is 0. The molecule has 0 bridgehead atoms. The molecule has 2 rings (SSSR count). The van der Waals surface area contributed by atoms with Crippen molar-refractivity contribution in [1.29, 1.82) is 0 Å². The molecule has 98 valence electrons. The van der Waals surface area contributed by atoms with Gasteiger partial charge in [0.15, 0.2) is 0 Å². The molecule has 1 aliphatic rings. The summed E-state index contributed by atoms with van der Waals surface area (Å²) >= 11 is 0. The van der Waals surface area contributed by atoms with Crippen molar-refractivity contribution in [1.82, 2.24) is 0 Å². The molecule has 1 fully saturated rings. The minimum atomic E-state index is -0.0657. The molecule has 2 atom stereocenters. The lowest BCUT2D eigenvalue weighted by Crippen LogP contribution is -2.43. The van der Waals surface area contributed by atoms with Gasteiger partial charge in [0.2, 0.25) is 0 Å². The van der Waals surface area contributed by atoms with Crippen LogP contribution in [-0.2, 0) is 11.2 Å². The Morgan fingerprint density at radius 3 is 2.22 bits per heavy atom. The predicted octanol–water partition coefficient (Wildman–Crippen LogP) is 4.16. The average molecular weight is 244 g/mol. The average Bonchev–Trinajstić information content (AvgIpc) is 2.30. The van der Waals surface area contributed by atoms with Crippen LogP contribution in [0.15, 0.2) is 12.1 Å². The zero-order chi connectivity index (χ0) is 13.5. The maximum Gasteiger partial charge on any atom is 0.143 e. The van der Waals surface area contributed by atoms with Crippen molar-refractivity contribution in [2.75, 3.05) is 0 Å². The third kappa shape index (κ3) is 2.11. The Bertz CT molecular complexity index is 463. The standard InChI is InChI=1S/C17H24O/c1-11-8-12(2)15(13(3)9-11)10-16(18)17(5)7-6-14(17)4/h8-9,14H,6-7,10H2,1-5H3. The van der Waals surface area contributed by atoms with E-state index in [1.807, 2.05) is 0 Å². The second-order valence-corrected chi connectivity index (χ2v) is 6.33. The van der Waals surface area contributed by atoms with Crippen LogP contribution in [0.25, 0.3) is 0 Å². The van der Waals surface area contributed by atoms with Crippen LogP contribution in [0.3, 0.4) is 0 Å². The van der Waals surface area contributed by atoms with E-state index in [1.54, 1.807) is 0 Å². The van der Waals surface area contributed by atoms with Gasteiger partial charge >= 0.3 is 0 Å². The van der Waals surface area contributed by atoms with E-state index in [9.17, 15) is 4.79 Å². The number of hydrogen-bond acceptors (Lipinski definition) is 1. The van der Waals surface area contributed by atoms with Gasteiger partial charge in [-0.25, -0.2) is 0 Å². The summed E-state index contributed by atoms with van der Waals surface area (Å²) in [5.41, 5.74) is 4.98. The summed E-state index contributed by atoms with van der Waals surface area (Å²) in [5.74, 6) is 0.979. The Kier molecular flexibility index (Phi) is 3.35. The van der Waals surface area contributed by atoms with Crippen molar-refractivity contribution in [3.63, 3.8) is 0 Å². The molecule has 0 heterocycles. The Hall–Kier alpha value is -1.11. The third-order valence-corrected chi connectivity index (χ3v) is 5.00. The molecule has 1 aromatic rings. The van der Waals surface area contributed by atoms with Crippen molar-refractivity contribution in [3.05, 3.63) is 34.4 Å². The number of ketones is 1. The number of benzene rings is 1. The molecule has 2 unspecified atom stereocenters. The monoisotopic (exact) mass is 244 g/mol. The molecule has 0 saturated heterocycles. The Morgan fingerprint density at radius 1 is 1.28 bits per heavy atom. The van der Waals surface area contributed by atoms with Gasteiger partial charge in [-0.1, -0.05) is 31.5 Å². The smallest absolute Gasteiger partial charge is 0.143 e. The maximum absolute atomic E-state index is 12.5. The Labute approximate surface area is 111 Å². The quantitative estimate of drug-likeness (QED) is 0.780. The van der Waals surface area contributed by atoms with E-state index in [1.165, 1.54) is 28.7 Å². The first-order valence-corrected chi connectivity index (χ1v) is 6.94. The molecule has 1 aliphatic carbocycles. The van der Waals surface area contributed by atoms with Gasteiger partial charge in [0, 0.05) is 11.8 Å². The first-order chi connectivity index (χ1) is 8.34. The number of rotatable bonds is 3. The number of carbonyl (C=O) groups is 1. The number of Topliss-reactive ketones (excluding diaryl/α,β-unsaturated/α-hetero) is 1. The predicted molar refractivity (Wildman–Crippen MR) is 75.9 cm³/mol. The van der Waals surface area contributed by atoms with Crippen LogP contribution in [-0.4, -0.2) is 5.78 Å². The zero-order valence-electron chi connectivity index (χ0n) is 12.3. The van der Waals surface area contributed by atoms with E-state index in [0.29, 0.717) is 18.1 Å². The molecule has 0 amide bonds. The Balaban J connectivity index is 2.22. The lowest BCUT2D eigenvalue weighted by molar-refractivity contribution is -0.136. The molecule has 1 aromatic carbocycles. The normalized spacial score (nSPS) is 26.8. The molecule has 1 heteroatoms. The lowest BCUT2D eigenvalue weighted by Gasteiger charge is -2.44. The van der Waals surface area contributed by atoms with Gasteiger partial charge in [-0.2, -0.15) is 0 Å². The summed E-state index contributed by atoms with van der Waals surface area (Å²) in [6.45, 7) is 10.7. The van der Waals surface area contributed by atoms with Crippen LogP contribution < -0.4 is 0 Å². The highest BCUT2D eigenvalue weighted by atomic mass is 16.1. The van der Waals surface area contributed by atoms with Crippen molar-refractivity contribution in [3.8, 4) is 0 Å². The van der Waals surface area contributed by atoms with Gasteiger partial charge in [-0.05, 0) is 56.2 Å². The second-order valence-electron chi connectivity index (χ2n) is 6.33. The third-order valence-electron chi connectivity index (χ3n) is 5.00. The number of aryl methyl sites for hydroxylation is 3. The fourth-order valence-electron chi connectivity index (χ4n) is 3.13. The summed E-state index contributed by atoms with van der Waals surface area (Å²) in [6.07, 6.45) is 2.88. The fraction of sp³-hybridized carbons (Fsp3) is 0.588. The molecular weight excluding hydrogens is 220 g/mol. The first kappa shape index (κ1) is 13.3. The van der Waals surface area contributed by atoms with Crippen LogP contribution in [0.1, 0.15) is 48.9 Å². The minimum absolute atomic E-state index is 0.0657. The molecule has 0 aromatic heterocycles. The highest BCUT2D eigenvalue weighted by Gasteiger charge is 2.45. The van der Waals surface area contributed by atoms with E-state index in [2.05, 4.69) is 46.8 Å². The highest BCUT2D eigenvalue weighted by molar-refractivity contribution is 5.88. The van der Waals surface area contributed by atoms with Crippen LogP contribution in [0.5, 0.6) is 0 Å². The van der Waals surface area contributed by atoms with Crippen molar-refractivity contribution < 1.29 is 4.79 Å². The van der Waals surface area contributed by atoms with Crippen LogP contribution in [0.2, 0.25) is 0 Å². The molecule has 0 aliphatic heterocycles. The molecule has 1 nitrogen and oxygen atoms in total. The lowest BCUT2D eigenvalue weighted by atomic mass is 9.59. The van der Waals surface area contributed by atoms with Crippen LogP contribution >= 0.6 is 0 Å². The van der Waals surface area contributed by atoms with Gasteiger partial charge in [-0.15, -0.1) is 0 Å². The van der Waals surface area contributed by atoms with Gasteiger partial charge < -0.3 is 0 Å². The van der Waals surface area contributed by atoms with Gasteiger partial charge in [0.1, 0.15) is 5.78 Å². The summed E-state index contributed by atoms with van der Waals surface area (Å²) in [4.78, 5) is 12.5. The molecule has 18 heavy (non-hydrogen) atoms. The first-order valence-electron chi connectivity index (χ1n) is 6.94. The number of hydrogen-bond donors (Lipinski definition) is 0. The van der Waals surface area contributed by atoms with Gasteiger partial charge in [0.25, 0.3) is 0 Å². The largest absolute Gasteiger partial charge is 0.299 e. The summed E-state index contributed by atoms with van der Waals surface area (Å²) < 4.78 is 0. The molecule has 0 radical (unpaired) electrons. The topological polar surface area (TPSA) is 17.1 Å². The van der Waals surface area contributed by atoms with E-state index < -0.39 is 0 Å². The zero-order valence-corrected chi connectivity index (χ0v) is 12.3. The maximum atomic E-state index is 12.5. The van der Waals surface area contributed by atoms with Crippen LogP contribution in [0, 0.1) is 32.1 Å². The fourth-order valence-corrected chi connectivity index (χ4v) is 3.13. The molecule has 1 saturated carbocycles. The van der Waals surface area contributed by atoms with Crippen molar-refractivity contribution in [2.45, 2.75) is 53.9 Å². The van der Waals surface area contributed by atoms with E-state index in [0.717, 1.165) is 6.42 Å². The van der Waals surface area contributed by atoms with Crippen molar-refractivity contribution >= 4 is 5.78 Å². The van der Waals surface area contributed by atoms with E-state index in [-0.39, 0.29) is 5.41 Å². The van der Waals surface area contributed by atoms with E-state index in [4.69, 9.17) is 0 Å². The second kappa shape index (κ2) is 4.53. The SMILES string of the molecule is Cc1cc(C)c(CC(=O)C2(C)CCC2C)c(C)c1. The van der Waals surface area contributed by atoms with Crippen molar-refractivity contribution in [2.24, 2.45) is 11.3 Å². The minimum Gasteiger partial charge on any atom is -0.299 e. The molecular formula is C17H24O. The Morgan fingerprint density at radius 2 is 1.83 bits per heavy atom. The summed E-state index contributed by atoms with van der Waals surface area (Å²) in [6, 6.07) is 4.37. The summed E-state index contributed by atoms with van der Waals surface area (Å²) in [5, 5.41) is 0. The number of carbonyl (C=O) groups excluding carboxylic acids is 1. The van der Waals surface area contributed by atoms with Crippen LogP contribution in [0.4, 0.5) is 0 Å².